The third kappa shape index (κ3) is 4.66. The molecule has 34 heavy (non-hydrogen) atoms. The van der Waals surface area contributed by atoms with Crippen molar-refractivity contribution in [1.29, 1.82) is 0 Å². The van der Waals surface area contributed by atoms with Crippen molar-refractivity contribution in [1.82, 2.24) is 4.90 Å². The van der Waals surface area contributed by atoms with Gasteiger partial charge in [-0.15, -0.1) is 0 Å². The number of aryl methyl sites for hydroxylation is 1. The molecule has 2 amide bonds. The fourth-order valence-electron chi connectivity index (χ4n) is 3.39. The van der Waals surface area contributed by atoms with E-state index < -0.39 is 21.9 Å². The summed E-state index contributed by atoms with van der Waals surface area (Å²) in [6.45, 7) is 3.06. The van der Waals surface area contributed by atoms with Gasteiger partial charge in [0.15, 0.2) is 5.78 Å². The van der Waals surface area contributed by atoms with Crippen LogP contribution < -0.4 is 0 Å². The van der Waals surface area contributed by atoms with Crippen LogP contribution in [0.1, 0.15) is 27.2 Å². The van der Waals surface area contributed by atoms with Gasteiger partial charge in [0.2, 0.25) is 0 Å². The Morgan fingerprint density at radius 1 is 1.15 bits per heavy atom. The average Bonchev–Trinajstić information content (AvgIpc) is 3.36. The van der Waals surface area contributed by atoms with Crippen LogP contribution in [-0.2, 0) is 4.79 Å². The molecule has 1 aromatic heterocycles. The van der Waals surface area contributed by atoms with Crippen LogP contribution in [0.2, 0.25) is 5.02 Å². The van der Waals surface area contributed by atoms with Crippen LogP contribution >= 0.6 is 23.4 Å². The van der Waals surface area contributed by atoms with Gasteiger partial charge in [-0.3, -0.25) is 29.4 Å². The van der Waals surface area contributed by atoms with E-state index in [-0.39, 0.29) is 17.1 Å². The van der Waals surface area contributed by atoms with Crippen molar-refractivity contribution in [3.8, 4) is 11.3 Å². The molecule has 1 fully saturated rings. The lowest BCUT2D eigenvalue weighted by molar-refractivity contribution is -0.385. The highest BCUT2D eigenvalue weighted by Crippen LogP contribution is 2.35. The average molecular weight is 497 g/mol. The summed E-state index contributed by atoms with van der Waals surface area (Å²) in [5.41, 5.74) is 2.16. The number of carbonyl (C=O) groups excluding carboxylic acids is 3. The summed E-state index contributed by atoms with van der Waals surface area (Å²) < 4.78 is 5.77. The molecule has 2 aromatic carbocycles. The molecular weight excluding hydrogens is 480 g/mol. The Hall–Kier alpha value is -3.69. The number of hydrogen-bond acceptors (Lipinski definition) is 7. The van der Waals surface area contributed by atoms with Crippen LogP contribution in [0.25, 0.3) is 17.4 Å². The van der Waals surface area contributed by atoms with Gasteiger partial charge in [0, 0.05) is 33.9 Å². The molecule has 0 spiro atoms. The molecule has 10 heteroatoms. The standard InChI is InChI=1S/C24H17ClN2O6S/c1-13-9-16(10-19(14(13)2)27(31)32)21-8-7-18(33-21)11-22-23(29)26(24(30)34-22)12-20(28)15-3-5-17(25)6-4-15/h3-11H,12H2,1-2H3/b22-11+. The highest BCUT2D eigenvalue weighted by molar-refractivity contribution is 8.18. The highest BCUT2D eigenvalue weighted by atomic mass is 35.5. The van der Waals surface area contributed by atoms with E-state index in [9.17, 15) is 24.5 Å². The molecule has 0 unspecified atom stereocenters. The lowest BCUT2D eigenvalue weighted by atomic mass is 10.0. The van der Waals surface area contributed by atoms with Gasteiger partial charge in [-0.25, -0.2) is 0 Å². The van der Waals surface area contributed by atoms with E-state index >= 15 is 0 Å². The predicted molar refractivity (Wildman–Crippen MR) is 129 cm³/mol. The first-order valence-corrected chi connectivity index (χ1v) is 11.2. The molecule has 0 saturated carbocycles. The van der Waals surface area contributed by atoms with E-state index in [4.69, 9.17) is 16.0 Å². The molecule has 1 aliphatic rings. The van der Waals surface area contributed by atoms with Crippen molar-refractivity contribution in [3.63, 3.8) is 0 Å². The first-order valence-electron chi connectivity index (χ1n) is 10.0. The number of imide groups is 1. The number of Topliss-reactive ketones (excluding diaryl/α,β-unsaturated/α-hetero) is 1. The van der Waals surface area contributed by atoms with E-state index in [2.05, 4.69) is 0 Å². The molecule has 0 atom stereocenters. The Bertz CT molecular complexity index is 1380. The van der Waals surface area contributed by atoms with Gasteiger partial charge in [0.1, 0.15) is 11.5 Å². The number of hydrogen-bond donors (Lipinski definition) is 0. The zero-order valence-electron chi connectivity index (χ0n) is 18.0. The fraction of sp³-hybridized carbons (Fsp3) is 0.125. The lowest BCUT2D eigenvalue weighted by Gasteiger charge is -2.11. The SMILES string of the molecule is Cc1cc(-c2ccc(/C=C3/SC(=O)N(CC(=O)c4ccc(Cl)cc4)C3=O)o2)cc([N+](=O)[O-])c1C. The minimum Gasteiger partial charge on any atom is -0.457 e. The fourth-order valence-corrected chi connectivity index (χ4v) is 4.34. The van der Waals surface area contributed by atoms with E-state index in [0.717, 1.165) is 10.5 Å². The molecule has 1 saturated heterocycles. The van der Waals surface area contributed by atoms with Crippen molar-refractivity contribution < 1.29 is 23.7 Å². The zero-order chi connectivity index (χ0) is 24.6. The van der Waals surface area contributed by atoms with E-state index in [0.29, 0.717) is 45.0 Å². The summed E-state index contributed by atoms with van der Waals surface area (Å²) in [4.78, 5) is 49.5. The maximum atomic E-state index is 12.7. The summed E-state index contributed by atoms with van der Waals surface area (Å²) >= 11 is 6.53. The number of halogens is 1. The molecule has 2 heterocycles. The van der Waals surface area contributed by atoms with Gasteiger partial charge in [0.05, 0.1) is 16.4 Å². The number of furan rings is 1. The summed E-state index contributed by atoms with van der Waals surface area (Å²) in [6.07, 6.45) is 1.41. The van der Waals surface area contributed by atoms with E-state index in [1.54, 1.807) is 44.2 Å². The number of nitro groups is 1. The number of thioether (sulfide) groups is 1. The van der Waals surface area contributed by atoms with Crippen LogP contribution in [0, 0.1) is 24.0 Å². The molecule has 0 radical (unpaired) electrons. The molecule has 4 rings (SSSR count). The number of nitrogens with zero attached hydrogens (tertiary/aromatic N) is 2. The topological polar surface area (TPSA) is 111 Å². The summed E-state index contributed by atoms with van der Waals surface area (Å²) in [5, 5.41) is 11.2. The molecule has 3 aromatic rings. The van der Waals surface area contributed by atoms with Crippen LogP contribution in [0.4, 0.5) is 10.5 Å². The number of amides is 2. The predicted octanol–water partition coefficient (Wildman–Crippen LogP) is 6.04. The van der Waals surface area contributed by atoms with Gasteiger partial charge < -0.3 is 4.42 Å². The molecule has 0 aliphatic carbocycles. The van der Waals surface area contributed by atoms with Crippen molar-refractivity contribution in [3.05, 3.63) is 91.0 Å². The third-order valence-electron chi connectivity index (χ3n) is 5.36. The number of benzene rings is 2. The van der Waals surface area contributed by atoms with Crippen molar-refractivity contribution in [2.75, 3.05) is 6.54 Å². The van der Waals surface area contributed by atoms with Crippen molar-refractivity contribution >= 4 is 52.1 Å². The molecule has 172 valence electrons. The number of nitro benzene ring substituents is 1. The Morgan fingerprint density at radius 3 is 2.53 bits per heavy atom. The molecule has 1 aliphatic heterocycles. The van der Waals surface area contributed by atoms with Gasteiger partial charge in [-0.2, -0.15) is 0 Å². The van der Waals surface area contributed by atoms with Gasteiger partial charge in [-0.05, 0) is 73.6 Å². The van der Waals surface area contributed by atoms with Gasteiger partial charge in [0.25, 0.3) is 16.8 Å². The maximum Gasteiger partial charge on any atom is 0.293 e. The first-order chi connectivity index (χ1) is 16.1. The lowest BCUT2D eigenvalue weighted by Crippen LogP contribution is -2.33. The van der Waals surface area contributed by atoms with Crippen LogP contribution in [0.5, 0.6) is 0 Å². The van der Waals surface area contributed by atoms with Crippen molar-refractivity contribution in [2.24, 2.45) is 0 Å². The van der Waals surface area contributed by atoms with Crippen LogP contribution in [0.3, 0.4) is 0 Å². The Morgan fingerprint density at radius 2 is 1.85 bits per heavy atom. The molecule has 0 N–H and O–H groups in total. The third-order valence-corrected chi connectivity index (χ3v) is 6.52. The molecule has 8 nitrogen and oxygen atoms in total. The first kappa shape index (κ1) is 23.5. The number of carbonyl (C=O) groups is 3. The second kappa shape index (κ2) is 9.28. The van der Waals surface area contributed by atoms with Crippen LogP contribution in [-0.4, -0.2) is 33.3 Å². The van der Waals surface area contributed by atoms with Crippen molar-refractivity contribution in [2.45, 2.75) is 13.8 Å². The summed E-state index contributed by atoms with van der Waals surface area (Å²) in [5.74, 6) is -0.311. The van der Waals surface area contributed by atoms with Crippen LogP contribution in [0.15, 0.2) is 57.9 Å². The minimum absolute atomic E-state index is 0.0144. The number of ketones is 1. The Balaban J connectivity index is 1.54. The second-order valence-electron chi connectivity index (χ2n) is 7.59. The summed E-state index contributed by atoms with van der Waals surface area (Å²) in [7, 11) is 0. The highest BCUT2D eigenvalue weighted by Gasteiger charge is 2.36. The largest absolute Gasteiger partial charge is 0.457 e. The molecule has 0 bridgehead atoms. The summed E-state index contributed by atoms with van der Waals surface area (Å²) in [6, 6.07) is 12.6. The Labute approximate surface area is 203 Å². The van der Waals surface area contributed by atoms with Gasteiger partial charge in [-0.1, -0.05) is 11.6 Å². The Kier molecular flexibility index (Phi) is 6.41. The smallest absolute Gasteiger partial charge is 0.293 e. The quantitative estimate of drug-likeness (QED) is 0.177. The van der Waals surface area contributed by atoms with E-state index in [1.807, 2.05) is 0 Å². The normalized spacial score (nSPS) is 14.8. The molecular formula is C24H17ClN2O6S. The zero-order valence-corrected chi connectivity index (χ0v) is 19.6. The van der Waals surface area contributed by atoms with E-state index in [1.165, 1.54) is 24.3 Å². The minimum atomic E-state index is -0.600. The monoisotopic (exact) mass is 496 g/mol. The second-order valence-corrected chi connectivity index (χ2v) is 9.02. The maximum absolute atomic E-state index is 12.7. The number of rotatable bonds is 6. The van der Waals surface area contributed by atoms with Gasteiger partial charge >= 0.3 is 0 Å².